The first-order valence-corrected chi connectivity index (χ1v) is 7.74. The second-order valence-corrected chi connectivity index (χ2v) is 5.32. The molecule has 0 fully saturated rings. The van der Waals surface area contributed by atoms with E-state index in [-0.39, 0.29) is 0 Å². The molecule has 0 saturated heterocycles. The Bertz CT molecular complexity index is 455. The Morgan fingerprint density at radius 3 is 2.94 bits per heavy atom. The molecule has 0 bridgehead atoms. The fourth-order valence-corrected chi connectivity index (χ4v) is 2.58. The van der Waals surface area contributed by atoms with Gasteiger partial charge in [0.05, 0.1) is 11.3 Å². The molecule has 0 aliphatic carbocycles. The highest BCUT2D eigenvalue weighted by molar-refractivity contribution is 7.99. The highest BCUT2D eigenvalue weighted by Gasteiger charge is 2.14. The predicted octanol–water partition coefficient (Wildman–Crippen LogP) is 2.89. The van der Waals surface area contributed by atoms with Crippen LogP contribution in [0.3, 0.4) is 0 Å². The van der Waals surface area contributed by atoms with Gasteiger partial charge in [0.25, 0.3) is 0 Å². The molecule has 96 valence electrons. The number of hydrogen-bond donors (Lipinski definition) is 2. The predicted molar refractivity (Wildman–Crippen MR) is 79.8 cm³/mol. The van der Waals surface area contributed by atoms with Crippen LogP contribution in [0.2, 0.25) is 0 Å². The third-order valence-electron chi connectivity index (χ3n) is 2.21. The number of carboxylic acids is 1. The van der Waals surface area contributed by atoms with E-state index in [9.17, 15) is 9.90 Å². The summed E-state index contributed by atoms with van der Waals surface area (Å²) in [6.45, 7) is 0.699. The summed E-state index contributed by atoms with van der Waals surface area (Å²) in [5.41, 5.74) is 1.00. The zero-order valence-electron chi connectivity index (χ0n) is 10.1. The molecule has 0 atom stereocenters. The van der Waals surface area contributed by atoms with Crippen LogP contribution in [0.25, 0.3) is 0 Å². The van der Waals surface area contributed by atoms with Crippen molar-refractivity contribution < 1.29 is 9.90 Å². The molecule has 0 spiro atoms. The molecule has 18 heavy (non-hydrogen) atoms. The van der Waals surface area contributed by atoms with Gasteiger partial charge in [0.1, 0.15) is 0 Å². The minimum Gasteiger partial charge on any atom is -0.478 e. The number of nitrogens with one attached hydrogen (secondary N) is 1. The van der Waals surface area contributed by atoms with Crippen molar-refractivity contribution in [3.05, 3.63) is 23.8 Å². The van der Waals surface area contributed by atoms with E-state index in [1.54, 1.807) is 17.8 Å². The molecule has 0 heterocycles. The normalized spacial score (nSPS) is 9.78. The second kappa shape index (κ2) is 7.96. The largest absolute Gasteiger partial charge is 0.478 e. The summed E-state index contributed by atoms with van der Waals surface area (Å²) < 4.78 is 0. The first-order chi connectivity index (χ1) is 8.70. The van der Waals surface area contributed by atoms with Crippen LogP contribution >= 0.6 is 23.5 Å². The lowest BCUT2D eigenvalue weighted by molar-refractivity contribution is 0.0694. The molecule has 0 aromatic heterocycles. The molecule has 1 rings (SSSR count). The van der Waals surface area contributed by atoms with E-state index in [0.717, 1.165) is 10.6 Å². The number of anilines is 1. The summed E-state index contributed by atoms with van der Waals surface area (Å²) in [6.07, 6.45) is 7.02. The van der Waals surface area contributed by atoms with Crippen molar-refractivity contribution in [2.75, 3.05) is 29.6 Å². The van der Waals surface area contributed by atoms with E-state index < -0.39 is 5.97 Å². The van der Waals surface area contributed by atoms with E-state index in [0.29, 0.717) is 23.5 Å². The number of thioether (sulfide) groups is 2. The average molecular weight is 281 g/mol. The number of carbonyl (C=O) groups is 1. The number of rotatable bonds is 7. The van der Waals surface area contributed by atoms with Gasteiger partial charge in [0.2, 0.25) is 0 Å². The van der Waals surface area contributed by atoms with Crippen molar-refractivity contribution in [1.29, 1.82) is 0 Å². The molecule has 1 aromatic carbocycles. The number of benzene rings is 1. The van der Waals surface area contributed by atoms with Crippen molar-refractivity contribution in [2.45, 2.75) is 4.90 Å². The van der Waals surface area contributed by atoms with Crippen molar-refractivity contribution in [1.82, 2.24) is 0 Å². The Morgan fingerprint density at radius 2 is 2.33 bits per heavy atom. The van der Waals surface area contributed by atoms with E-state index in [1.807, 2.05) is 18.4 Å². The summed E-state index contributed by atoms with van der Waals surface area (Å²) in [5.74, 6) is 3.18. The molecular formula is C13H15NO2S2. The minimum absolute atomic E-state index is 0.340. The van der Waals surface area contributed by atoms with E-state index >= 15 is 0 Å². The molecule has 2 N–H and O–H groups in total. The van der Waals surface area contributed by atoms with Crippen LogP contribution in [-0.2, 0) is 0 Å². The van der Waals surface area contributed by atoms with Crippen molar-refractivity contribution in [3.8, 4) is 12.3 Å². The molecule has 0 aliphatic rings. The Balaban J connectivity index is 2.70. The number of carboxylic acid groups (broad SMARTS) is 1. The lowest BCUT2D eigenvalue weighted by Crippen LogP contribution is -2.10. The first kappa shape index (κ1) is 14.8. The number of hydrogen-bond acceptors (Lipinski definition) is 4. The van der Waals surface area contributed by atoms with E-state index in [4.69, 9.17) is 6.42 Å². The molecule has 0 amide bonds. The van der Waals surface area contributed by atoms with E-state index in [1.165, 1.54) is 11.8 Å². The van der Waals surface area contributed by atoms with Crippen molar-refractivity contribution in [2.24, 2.45) is 0 Å². The summed E-state index contributed by atoms with van der Waals surface area (Å²) in [7, 11) is 0. The highest BCUT2D eigenvalue weighted by Crippen LogP contribution is 2.27. The van der Waals surface area contributed by atoms with Crippen molar-refractivity contribution >= 4 is 35.2 Å². The zero-order valence-corrected chi connectivity index (χ0v) is 11.7. The SMILES string of the molecule is C#CCSCCNc1cccc(SC)c1C(=O)O. The highest BCUT2D eigenvalue weighted by atomic mass is 32.2. The standard InChI is InChI=1S/C13H15NO2S2/c1-3-8-18-9-7-14-10-5-4-6-11(17-2)12(10)13(15)16/h1,4-6,14H,7-9H2,2H3,(H,15,16). The van der Waals surface area contributed by atoms with Gasteiger partial charge in [-0.25, -0.2) is 4.79 Å². The maximum Gasteiger partial charge on any atom is 0.338 e. The second-order valence-electron chi connectivity index (χ2n) is 3.37. The van der Waals surface area contributed by atoms with Gasteiger partial charge in [-0.05, 0) is 18.4 Å². The smallest absolute Gasteiger partial charge is 0.338 e. The third kappa shape index (κ3) is 4.21. The van der Waals surface area contributed by atoms with Crippen molar-refractivity contribution in [3.63, 3.8) is 0 Å². The van der Waals surface area contributed by atoms with Crippen LogP contribution in [0, 0.1) is 12.3 Å². The van der Waals surface area contributed by atoms with Gasteiger partial charge in [-0.2, -0.15) is 0 Å². The average Bonchev–Trinajstić information content (AvgIpc) is 2.37. The minimum atomic E-state index is -0.904. The van der Waals surface area contributed by atoms with Crippen LogP contribution in [-0.4, -0.2) is 35.4 Å². The Hall–Kier alpha value is -1.25. The molecule has 0 unspecified atom stereocenters. The Labute approximate surface area is 116 Å². The topological polar surface area (TPSA) is 49.3 Å². The van der Waals surface area contributed by atoms with Crippen LogP contribution < -0.4 is 5.32 Å². The van der Waals surface area contributed by atoms with Gasteiger partial charge < -0.3 is 10.4 Å². The monoisotopic (exact) mass is 281 g/mol. The lowest BCUT2D eigenvalue weighted by Gasteiger charge is -2.11. The molecule has 0 radical (unpaired) electrons. The number of aromatic carboxylic acids is 1. The van der Waals surface area contributed by atoms with Gasteiger partial charge in [-0.3, -0.25) is 0 Å². The fraction of sp³-hybridized carbons (Fsp3) is 0.308. The molecule has 1 aromatic rings. The van der Waals surface area contributed by atoms with Crippen LogP contribution in [0.5, 0.6) is 0 Å². The van der Waals surface area contributed by atoms with Crippen LogP contribution in [0.15, 0.2) is 23.1 Å². The summed E-state index contributed by atoms with van der Waals surface area (Å²) in [5, 5.41) is 12.4. The molecule has 3 nitrogen and oxygen atoms in total. The van der Waals surface area contributed by atoms with E-state index in [2.05, 4.69) is 11.2 Å². The zero-order chi connectivity index (χ0) is 13.4. The lowest BCUT2D eigenvalue weighted by atomic mass is 10.2. The summed E-state index contributed by atoms with van der Waals surface area (Å²) >= 11 is 3.08. The van der Waals surface area contributed by atoms with Gasteiger partial charge in [-0.1, -0.05) is 12.0 Å². The van der Waals surface area contributed by atoms with Gasteiger partial charge in [0.15, 0.2) is 0 Å². The maximum absolute atomic E-state index is 11.3. The summed E-state index contributed by atoms with van der Waals surface area (Å²) in [6, 6.07) is 5.45. The molecule has 5 heteroatoms. The molecule has 0 saturated carbocycles. The van der Waals surface area contributed by atoms with Gasteiger partial charge in [0, 0.05) is 22.9 Å². The third-order valence-corrected chi connectivity index (χ3v) is 3.85. The van der Waals surface area contributed by atoms with Crippen LogP contribution in [0.1, 0.15) is 10.4 Å². The van der Waals surface area contributed by atoms with Gasteiger partial charge >= 0.3 is 5.97 Å². The molecular weight excluding hydrogens is 266 g/mol. The number of terminal acetylenes is 1. The molecule has 0 aliphatic heterocycles. The van der Waals surface area contributed by atoms with Gasteiger partial charge in [-0.15, -0.1) is 29.9 Å². The first-order valence-electron chi connectivity index (χ1n) is 5.36. The maximum atomic E-state index is 11.3. The quantitative estimate of drug-likeness (QED) is 0.457. The fourth-order valence-electron chi connectivity index (χ4n) is 1.46. The Kier molecular flexibility index (Phi) is 6.55. The summed E-state index contributed by atoms with van der Waals surface area (Å²) in [4.78, 5) is 12.0. The van der Waals surface area contributed by atoms with Crippen LogP contribution in [0.4, 0.5) is 5.69 Å². The Morgan fingerprint density at radius 1 is 1.56 bits per heavy atom.